The average Bonchev–Trinajstić information content (AvgIpc) is 2.42. The third-order valence-electron chi connectivity index (χ3n) is 2.95. The Bertz CT molecular complexity index is 558. The minimum atomic E-state index is -0.0457. The summed E-state index contributed by atoms with van der Waals surface area (Å²) in [6, 6.07) is 9.44. The summed E-state index contributed by atoms with van der Waals surface area (Å²) in [6.45, 7) is 10.7. The summed E-state index contributed by atoms with van der Waals surface area (Å²) < 4.78 is 5.26. The number of nitriles is 2. The molecule has 0 radical (unpaired) electrons. The van der Waals surface area contributed by atoms with Crippen molar-refractivity contribution in [2.45, 2.75) is 26.2 Å². The number of ether oxygens (including phenoxy) is 1. The van der Waals surface area contributed by atoms with E-state index in [2.05, 4.69) is 17.0 Å². The van der Waals surface area contributed by atoms with E-state index in [1.807, 2.05) is 13.8 Å². The van der Waals surface area contributed by atoms with Crippen molar-refractivity contribution in [3.05, 3.63) is 40.7 Å². The molecule has 0 saturated carbocycles. The van der Waals surface area contributed by atoms with Gasteiger partial charge in [0.25, 0.3) is 0 Å². The predicted molar refractivity (Wildman–Crippen MR) is 71.1 cm³/mol. The minimum Gasteiger partial charge on any atom is -0.426 e. The Morgan fingerprint density at radius 2 is 2.11 bits per heavy atom. The second-order valence-corrected chi connectivity index (χ2v) is 4.51. The average molecular weight is 253 g/mol. The molecule has 1 rings (SSSR count). The zero-order chi connectivity index (χ0) is 14.3. The van der Waals surface area contributed by atoms with Crippen LogP contribution in [0.5, 0.6) is 5.75 Å². The molecule has 0 bridgehead atoms. The van der Waals surface area contributed by atoms with E-state index < -0.39 is 0 Å². The molecule has 0 spiro atoms. The van der Waals surface area contributed by atoms with Gasteiger partial charge in [0.15, 0.2) is 0 Å². The lowest BCUT2D eigenvalue weighted by Gasteiger charge is -2.20. The van der Waals surface area contributed by atoms with E-state index in [1.54, 1.807) is 18.2 Å². The van der Waals surface area contributed by atoms with Gasteiger partial charge in [-0.15, -0.1) is 0 Å². The molecule has 0 saturated heterocycles. The maximum Gasteiger partial charge on any atom is 0.357 e. The van der Waals surface area contributed by atoms with Gasteiger partial charge in [-0.25, -0.2) is 6.57 Å². The van der Waals surface area contributed by atoms with Gasteiger partial charge in [-0.1, -0.05) is 13.8 Å². The first kappa shape index (κ1) is 14.6. The van der Waals surface area contributed by atoms with Gasteiger partial charge in [-0.05, 0) is 29.7 Å². The number of hydrogen-bond acceptors (Lipinski definition) is 3. The Kier molecular flexibility index (Phi) is 5.39. The van der Waals surface area contributed by atoms with E-state index in [9.17, 15) is 0 Å². The Morgan fingerprint density at radius 3 is 2.63 bits per heavy atom. The highest BCUT2D eigenvalue weighted by Crippen LogP contribution is 2.32. The summed E-state index contributed by atoms with van der Waals surface area (Å²) in [5.74, 6) is 0.813. The maximum absolute atomic E-state index is 9.16. The number of hydrogen-bond donors (Lipinski definition) is 0. The minimum absolute atomic E-state index is 0.00357. The van der Waals surface area contributed by atoms with E-state index in [4.69, 9.17) is 21.8 Å². The second-order valence-electron chi connectivity index (χ2n) is 4.51. The Labute approximate surface area is 113 Å². The highest BCUT2D eigenvalue weighted by Gasteiger charge is 2.20. The van der Waals surface area contributed by atoms with Crippen LogP contribution in [0.3, 0.4) is 0 Å². The standard InChI is InChI=1S/C15H15N3O/c1-11(2)14(6-7-16)15-8-13(19-10-18-3)5-4-12(15)9-17/h4-5,8,11,14H,6,10H2,1-2H3. The second kappa shape index (κ2) is 7.04. The molecule has 1 aromatic rings. The van der Waals surface area contributed by atoms with Gasteiger partial charge in [-0.3, -0.25) is 4.85 Å². The van der Waals surface area contributed by atoms with Crippen molar-refractivity contribution >= 4 is 0 Å². The summed E-state index contributed by atoms with van der Waals surface area (Å²) in [4.78, 5) is 3.13. The van der Waals surface area contributed by atoms with Crippen molar-refractivity contribution < 1.29 is 4.74 Å². The number of rotatable bonds is 5. The monoisotopic (exact) mass is 253 g/mol. The van der Waals surface area contributed by atoms with E-state index in [1.165, 1.54) is 0 Å². The van der Waals surface area contributed by atoms with Crippen molar-refractivity contribution in [1.82, 2.24) is 0 Å². The van der Waals surface area contributed by atoms with E-state index in [-0.39, 0.29) is 18.6 Å². The maximum atomic E-state index is 9.16. The van der Waals surface area contributed by atoms with Crippen molar-refractivity contribution in [2.75, 3.05) is 6.73 Å². The molecule has 0 heterocycles. The lowest BCUT2D eigenvalue weighted by atomic mass is 9.84. The molecule has 1 unspecified atom stereocenters. The van der Waals surface area contributed by atoms with Crippen LogP contribution in [0.1, 0.15) is 37.3 Å². The fourth-order valence-corrected chi connectivity index (χ4v) is 1.95. The molecule has 19 heavy (non-hydrogen) atoms. The topological polar surface area (TPSA) is 61.2 Å². The van der Waals surface area contributed by atoms with Gasteiger partial charge in [0.1, 0.15) is 5.75 Å². The third kappa shape index (κ3) is 3.73. The van der Waals surface area contributed by atoms with Crippen LogP contribution < -0.4 is 4.74 Å². The molecule has 96 valence electrons. The Hall–Kier alpha value is -2.51. The van der Waals surface area contributed by atoms with E-state index in [0.29, 0.717) is 17.7 Å². The largest absolute Gasteiger partial charge is 0.426 e. The Balaban J connectivity index is 3.18. The molecular weight excluding hydrogens is 238 g/mol. The first-order valence-corrected chi connectivity index (χ1v) is 6.01. The Morgan fingerprint density at radius 1 is 1.37 bits per heavy atom. The first-order valence-electron chi connectivity index (χ1n) is 6.01. The molecule has 0 amide bonds. The van der Waals surface area contributed by atoms with Gasteiger partial charge in [0.2, 0.25) is 0 Å². The lowest BCUT2D eigenvalue weighted by molar-refractivity contribution is 0.359. The van der Waals surface area contributed by atoms with Gasteiger partial charge in [0, 0.05) is 12.3 Å². The van der Waals surface area contributed by atoms with Crippen molar-refractivity contribution in [3.63, 3.8) is 0 Å². The van der Waals surface area contributed by atoms with E-state index in [0.717, 1.165) is 5.56 Å². The fraction of sp³-hybridized carbons (Fsp3) is 0.400. The summed E-state index contributed by atoms with van der Waals surface area (Å²) in [7, 11) is 0. The SMILES string of the molecule is [C-]#[N+]COc1ccc(C#N)c(C(CC#N)C(C)C)c1. The van der Waals surface area contributed by atoms with Crippen LogP contribution in [0.25, 0.3) is 4.85 Å². The molecule has 0 aliphatic rings. The van der Waals surface area contributed by atoms with E-state index >= 15 is 0 Å². The van der Waals surface area contributed by atoms with Crippen LogP contribution in [0.4, 0.5) is 0 Å². The van der Waals surface area contributed by atoms with Gasteiger partial charge in [0.05, 0.1) is 17.7 Å². The molecule has 0 N–H and O–H groups in total. The quantitative estimate of drug-likeness (QED) is 0.755. The van der Waals surface area contributed by atoms with Crippen molar-refractivity contribution in [2.24, 2.45) is 5.92 Å². The molecule has 0 aliphatic heterocycles. The molecule has 0 fully saturated rings. The van der Waals surface area contributed by atoms with Crippen molar-refractivity contribution in [3.8, 4) is 17.9 Å². The molecule has 0 aromatic heterocycles. The number of nitrogens with zero attached hydrogens (tertiary/aromatic N) is 3. The lowest BCUT2D eigenvalue weighted by Crippen LogP contribution is -2.08. The molecule has 1 aromatic carbocycles. The highest BCUT2D eigenvalue weighted by molar-refractivity contribution is 5.45. The van der Waals surface area contributed by atoms with Gasteiger partial charge < -0.3 is 4.74 Å². The van der Waals surface area contributed by atoms with Crippen LogP contribution in [-0.4, -0.2) is 6.73 Å². The van der Waals surface area contributed by atoms with Crippen LogP contribution in [0.15, 0.2) is 18.2 Å². The predicted octanol–water partition coefficient (Wildman–Crippen LogP) is 3.47. The van der Waals surface area contributed by atoms with Crippen LogP contribution in [-0.2, 0) is 0 Å². The summed E-state index contributed by atoms with van der Waals surface area (Å²) in [6.07, 6.45) is 0.360. The third-order valence-corrected chi connectivity index (χ3v) is 2.95. The number of benzene rings is 1. The zero-order valence-corrected chi connectivity index (χ0v) is 11.1. The summed E-state index contributed by atoms with van der Waals surface area (Å²) >= 11 is 0. The highest BCUT2D eigenvalue weighted by atomic mass is 16.5. The summed E-state index contributed by atoms with van der Waals surface area (Å²) in [5.41, 5.74) is 1.38. The van der Waals surface area contributed by atoms with Gasteiger partial charge >= 0.3 is 6.73 Å². The van der Waals surface area contributed by atoms with Crippen molar-refractivity contribution in [1.29, 1.82) is 10.5 Å². The molecule has 4 heteroatoms. The normalized spacial score (nSPS) is 11.2. The zero-order valence-electron chi connectivity index (χ0n) is 11.1. The van der Waals surface area contributed by atoms with Crippen LogP contribution in [0, 0.1) is 35.2 Å². The van der Waals surface area contributed by atoms with Crippen LogP contribution >= 0.6 is 0 Å². The summed E-state index contributed by atoms with van der Waals surface area (Å²) in [5, 5.41) is 18.1. The molecule has 1 atom stereocenters. The van der Waals surface area contributed by atoms with Gasteiger partial charge in [-0.2, -0.15) is 10.5 Å². The first-order chi connectivity index (χ1) is 9.13. The fourth-order valence-electron chi connectivity index (χ4n) is 1.95. The smallest absolute Gasteiger partial charge is 0.357 e. The molecule has 0 aliphatic carbocycles. The molecular formula is C15H15N3O. The molecule has 4 nitrogen and oxygen atoms in total. The van der Waals surface area contributed by atoms with Crippen LogP contribution in [0.2, 0.25) is 0 Å².